The average Bonchev–Trinajstić information content (AvgIpc) is 2.68. The van der Waals surface area contributed by atoms with Crippen molar-refractivity contribution in [1.82, 2.24) is 4.90 Å². The monoisotopic (exact) mass is 639 g/mol. The van der Waals surface area contributed by atoms with Gasteiger partial charge in [0.25, 0.3) is 0 Å². The second kappa shape index (κ2) is 19.3. The van der Waals surface area contributed by atoms with E-state index < -0.39 is 8.65 Å². The Morgan fingerprint density at radius 3 is 1.29 bits per heavy atom. The Kier molecular flexibility index (Phi) is 22.0. The largest absolute Gasteiger partial charge is 0.463 e. The fourth-order valence-electron chi connectivity index (χ4n) is 1.60. The Balaban J connectivity index is -0.00000184. The minimum atomic E-state index is -0.754. The molecule has 1 atom stereocenters. The molecule has 0 fully saturated rings. The summed E-state index contributed by atoms with van der Waals surface area (Å²) < 4.78 is 14.1. The third kappa shape index (κ3) is 20.2. The third-order valence-electron chi connectivity index (χ3n) is 3.23. The van der Waals surface area contributed by atoms with Gasteiger partial charge in [0.2, 0.25) is 0 Å². The molecule has 0 saturated heterocycles. The maximum atomic E-state index is 11.8. The molecule has 31 heavy (non-hydrogen) atoms. The number of hydrogen-bond donors (Lipinski definition) is 0. The summed E-state index contributed by atoms with van der Waals surface area (Å²) in [5.41, 5.74) is 0. The minimum Gasteiger partial charge on any atom is -0.463 e. The highest BCUT2D eigenvalue weighted by Gasteiger charge is 2.26. The zero-order valence-electron chi connectivity index (χ0n) is 20.4. The van der Waals surface area contributed by atoms with Gasteiger partial charge in [-0.05, 0) is 34.6 Å². The molecule has 186 valence electrons. The van der Waals surface area contributed by atoms with Gasteiger partial charge in [0.15, 0.2) is 0 Å². The molecule has 0 aromatic heterocycles. The number of esters is 3. The molecule has 0 saturated carbocycles. The van der Waals surface area contributed by atoms with E-state index >= 15 is 0 Å². The SMILES string of the molecule is CC.CC.CC(Br)C(=O)OCCN(CCOC(=O)C(C)(C)Br)CCOC(=O)C(C)(C)Br. The van der Waals surface area contributed by atoms with Crippen molar-refractivity contribution in [3.05, 3.63) is 0 Å². The molecule has 0 aliphatic carbocycles. The van der Waals surface area contributed by atoms with E-state index in [1.165, 1.54) is 0 Å². The molecule has 7 nitrogen and oxygen atoms in total. The van der Waals surface area contributed by atoms with E-state index in [1.807, 2.05) is 32.6 Å². The summed E-state index contributed by atoms with van der Waals surface area (Å²) in [5.74, 6) is -1.08. The zero-order valence-corrected chi connectivity index (χ0v) is 25.1. The van der Waals surface area contributed by atoms with Crippen molar-refractivity contribution < 1.29 is 28.6 Å². The summed E-state index contributed by atoms with van der Waals surface area (Å²) in [7, 11) is 0. The van der Waals surface area contributed by atoms with E-state index in [0.717, 1.165) is 0 Å². The summed E-state index contributed by atoms with van der Waals surface area (Å²) in [5, 5.41) is 0. The van der Waals surface area contributed by atoms with Gasteiger partial charge in [0.1, 0.15) is 33.3 Å². The second-order valence-electron chi connectivity index (χ2n) is 6.84. The Morgan fingerprint density at radius 1 is 0.742 bits per heavy atom. The molecular formula is C21H40Br3NO6. The molecule has 0 rings (SSSR count). The molecule has 0 aliphatic rings. The maximum absolute atomic E-state index is 11.8. The average molecular weight is 642 g/mol. The summed E-state index contributed by atoms with van der Waals surface area (Å²) in [6.45, 7) is 18.3. The number of ether oxygens (including phenoxy) is 3. The van der Waals surface area contributed by atoms with Crippen LogP contribution < -0.4 is 0 Å². The van der Waals surface area contributed by atoms with Crippen LogP contribution >= 0.6 is 47.8 Å². The highest BCUT2D eigenvalue weighted by atomic mass is 79.9. The smallest absolute Gasteiger partial charge is 0.322 e. The van der Waals surface area contributed by atoms with Gasteiger partial charge in [-0.25, -0.2) is 0 Å². The molecule has 0 aliphatic heterocycles. The summed E-state index contributed by atoms with van der Waals surface area (Å²) >= 11 is 9.64. The molecular weight excluding hydrogens is 602 g/mol. The van der Waals surface area contributed by atoms with E-state index in [0.29, 0.717) is 19.6 Å². The van der Waals surface area contributed by atoms with Crippen molar-refractivity contribution in [2.24, 2.45) is 0 Å². The molecule has 1 unspecified atom stereocenters. The third-order valence-corrected chi connectivity index (χ3v) is 4.25. The van der Waals surface area contributed by atoms with Crippen LogP contribution in [0, 0.1) is 0 Å². The molecule has 0 aromatic carbocycles. The Morgan fingerprint density at radius 2 is 1.03 bits per heavy atom. The molecule has 0 radical (unpaired) electrons. The van der Waals surface area contributed by atoms with Crippen molar-refractivity contribution in [1.29, 1.82) is 0 Å². The predicted molar refractivity (Wildman–Crippen MR) is 136 cm³/mol. The van der Waals surface area contributed by atoms with Crippen molar-refractivity contribution in [2.75, 3.05) is 39.5 Å². The molecule has 0 bridgehead atoms. The van der Waals surface area contributed by atoms with Gasteiger partial charge in [-0.15, -0.1) is 0 Å². The van der Waals surface area contributed by atoms with Crippen LogP contribution in [0.2, 0.25) is 0 Å². The van der Waals surface area contributed by atoms with Gasteiger partial charge in [-0.1, -0.05) is 75.5 Å². The first-order chi connectivity index (χ1) is 14.2. The Labute approximate surface area is 213 Å². The van der Waals surface area contributed by atoms with E-state index in [-0.39, 0.29) is 42.6 Å². The molecule has 0 spiro atoms. The van der Waals surface area contributed by atoms with E-state index in [1.54, 1.807) is 34.6 Å². The van der Waals surface area contributed by atoms with Gasteiger partial charge < -0.3 is 14.2 Å². The van der Waals surface area contributed by atoms with Crippen LogP contribution in [0.1, 0.15) is 62.3 Å². The zero-order chi connectivity index (χ0) is 25.3. The molecule has 0 N–H and O–H groups in total. The topological polar surface area (TPSA) is 82.1 Å². The molecule has 0 aromatic rings. The molecule has 0 amide bonds. The van der Waals surface area contributed by atoms with Gasteiger partial charge in [0.05, 0.1) is 0 Å². The van der Waals surface area contributed by atoms with Crippen LogP contribution in [0.25, 0.3) is 0 Å². The first kappa shape index (κ1) is 35.4. The van der Waals surface area contributed by atoms with Crippen LogP contribution in [0.4, 0.5) is 0 Å². The van der Waals surface area contributed by atoms with Crippen LogP contribution in [-0.4, -0.2) is 75.7 Å². The van der Waals surface area contributed by atoms with Gasteiger partial charge in [-0.2, -0.15) is 0 Å². The van der Waals surface area contributed by atoms with Crippen LogP contribution in [0.5, 0.6) is 0 Å². The van der Waals surface area contributed by atoms with Crippen molar-refractivity contribution in [2.45, 2.75) is 75.8 Å². The van der Waals surface area contributed by atoms with Crippen molar-refractivity contribution >= 4 is 65.7 Å². The van der Waals surface area contributed by atoms with Gasteiger partial charge in [-0.3, -0.25) is 19.3 Å². The molecule has 10 heteroatoms. The first-order valence-electron chi connectivity index (χ1n) is 10.5. The lowest BCUT2D eigenvalue weighted by atomic mass is 10.2. The van der Waals surface area contributed by atoms with Gasteiger partial charge >= 0.3 is 17.9 Å². The number of alkyl halides is 3. The lowest BCUT2D eigenvalue weighted by Crippen LogP contribution is -2.37. The number of halogens is 3. The fraction of sp³-hybridized carbons (Fsp3) is 0.857. The Bertz CT molecular complexity index is 470. The van der Waals surface area contributed by atoms with Crippen molar-refractivity contribution in [3.8, 4) is 0 Å². The highest BCUT2D eigenvalue weighted by Crippen LogP contribution is 2.18. The van der Waals surface area contributed by atoms with Crippen LogP contribution in [-0.2, 0) is 28.6 Å². The summed E-state index contributed by atoms with van der Waals surface area (Å²) in [6, 6.07) is 0. The number of carbonyl (C=O) groups excluding carboxylic acids is 3. The van der Waals surface area contributed by atoms with Crippen molar-refractivity contribution in [3.63, 3.8) is 0 Å². The second-order valence-corrected chi connectivity index (χ2v) is 12.2. The van der Waals surface area contributed by atoms with Gasteiger partial charge in [0, 0.05) is 19.6 Å². The quantitative estimate of drug-likeness (QED) is 0.167. The molecule has 0 heterocycles. The normalized spacial score (nSPS) is 11.9. The number of carbonyl (C=O) groups is 3. The van der Waals surface area contributed by atoms with Crippen LogP contribution in [0.3, 0.4) is 0 Å². The number of hydrogen-bond acceptors (Lipinski definition) is 7. The maximum Gasteiger partial charge on any atom is 0.322 e. The predicted octanol–water partition coefficient (Wildman–Crippen LogP) is 5.10. The lowest BCUT2D eigenvalue weighted by Gasteiger charge is -2.24. The summed E-state index contributed by atoms with van der Waals surface area (Å²) in [4.78, 5) is 36.6. The fourth-order valence-corrected chi connectivity index (χ4v) is 1.96. The van der Waals surface area contributed by atoms with E-state index in [2.05, 4.69) is 47.8 Å². The number of rotatable bonds is 12. The minimum absolute atomic E-state index is 0.175. The van der Waals surface area contributed by atoms with Crippen LogP contribution in [0.15, 0.2) is 0 Å². The highest BCUT2D eigenvalue weighted by molar-refractivity contribution is 9.10. The first-order valence-corrected chi connectivity index (χ1v) is 13.0. The van der Waals surface area contributed by atoms with E-state index in [4.69, 9.17) is 14.2 Å². The van der Waals surface area contributed by atoms with E-state index in [9.17, 15) is 14.4 Å². The number of nitrogens with zero attached hydrogens (tertiary/aromatic N) is 1. The summed E-state index contributed by atoms with van der Waals surface area (Å²) in [6.07, 6.45) is 0. The standard InChI is InChI=1S/C17H28Br3NO6.2C2H6/c1-12(18)13(22)25-9-6-21(7-10-26-14(23)16(2,3)19)8-11-27-15(24)17(4,5)20;2*1-2/h12H,6-11H2,1-5H3;2*1-2H3. The lowest BCUT2D eigenvalue weighted by molar-refractivity contribution is -0.146. The Hall–Kier alpha value is -0.190.